The number of hydrogen-bond acceptors (Lipinski definition) is 6. The third-order valence-electron chi connectivity index (χ3n) is 4.27. The van der Waals surface area contributed by atoms with Gasteiger partial charge in [-0.3, -0.25) is 0 Å². The van der Waals surface area contributed by atoms with Crippen LogP contribution >= 0.6 is 0 Å². The van der Waals surface area contributed by atoms with Gasteiger partial charge in [0, 0.05) is 13.1 Å². The monoisotopic (exact) mass is 339 g/mol. The summed E-state index contributed by atoms with van der Waals surface area (Å²) in [5.74, 6) is 1.02. The second-order valence-corrected chi connectivity index (χ2v) is 7.58. The molecular weight excluding hydrogens is 318 g/mol. The molecule has 9 heteroatoms. The first kappa shape index (κ1) is 16.1. The van der Waals surface area contributed by atoms with Crippen molar-refractivity contribution in [2.75, 3.05) is 6.54 Å². The maximum Gasteiger partial charge on any atom is 0.249 e. The second kappa shape index (κ2) is 6.04. The van der Waals surface area contributed by atoms with Gasteiger partial charge >= 0.3 is 0 Å². The topological polar surface area (TPSA) is 94.1 Å². The van der Waals surface area contributed by atoms with Crippen LogP contribution in [0.25, 0.3) is 0 Å². The first-order chi connectivity index (χ1) is 11.0. The van der Waals surface area contributed by atoms with Crippen LogP contribution in [0.3, 0.4) is 0 Å². The Morgan fingerprint density at radius 3 is 2.78 bits per heavy atom. The molecular formula is C14H21N5O3S. The zero-order valence-electron chi connectivity index (χ0n) is 13.6. The van der Waals surface area contributed by atoms with E-state index in [4.69, 9.17) is 4.52 Å². The van der Waals surface area contributed by atoms with Crippen molar-refractivity contribution < 1.29 is 12.9 Å². The highest BCUT2D eigenvalue weighted by Gasteiger charge is 2.39. The molecule has 1 atom stereocenters. The quantitative estimate of drug-likeness (QED) is 0.843. The number of hydrogen-bond donors (Lipinski definition) is 0. The Bertz CT molecular complexity index is 776. The molecule has 1 saturated heterocycles. The number of piperidine rings is 1. The summed E-state index contributed by atoms with van der Waals surface area (Å²) in [7, 11) is -3.68. The van der Waals surface area contributed by atoms with Gasteiger partial charge in [-0.2, -0.15) is 4.31 Å². The van der Waals surface area contributed by atoms with Gasteiger partial charge in [-0.1, -0.05) is 11.6 Å². The first-order valence-corrected chi connectivity index (χ1v) is 9.23. The number of aryl methyl sites for hydroxylation is 3. The van der Waals surface area contributed by atoms with Crippen LogP contribution in [0.2, 0.25) is 0 Å². The van der Waals surface area contributed by atoms with Crippen LogP contribution in [-0.4, -0.2) is 39.2 Å². The maximum atomic E-state index is 13.2. The standard InChI is InChI=1S/C14H21N5O3S/c1-4-18-9-15-16-14(18)12-7-5-6-8-19(12)23(20,21)13-10(2)17-22-11(13)3/h9,12H,4-8H2,1-3H3/t12-/m1/s1. The van der Waals surface area contributed by atoms with Gasteiger partial charge in [-0.05, 0) is 33.6 Å². The SMILES string of the molecule is CCn1cnnc1[C@H]1CCCCN1S(=O)(=O)c1c(C)noc1C. The summed E-state index contributed by atoms with van der Waals surface area (Å²) in [4.78, 5) is 0.173. The van der Waals surface area contributed by atoms with E-state index in [1.54, 1.807) is 20.2 Å². The third-order valence-corrected chi connectivity index (χ3v) is 6.43. The normalized spacial score (nSPS) is 20.0. The molecule has 8 nitrogen and oxygen atoms in total. The van der Waals surface area contributed by atoms with E-state index in [1.165, 1.54) is 4.31 Å². The van der Waals surface area contributed by atoms with Crippen LogP contribution in [0.15, 0.2) is 15.7 Å². The Morgan fingerprint density at radius 1 is 1.35 bits per heavy atom. The van der Waals surface area contributed by atoms with Gasteiger partial charge in [-0.15, -0.1) is 10.2 Å². The fraction of sp³-hybridized carbons (Fsp3) is 0.643. The summed E-state index contributed by atoms with van der Waals surface area (Å²) in [6.07, 6.45) is 4.18. The second-order valence-electron chi connectivity index (χ2n) is 5.76. The first-order valence-electron chi connectivity index (χ1n) is 7.79. The molecule has 1 aliphatic heterocycles. The number of nitrogens with zero attached hydrogens (tertiary/aromatic N) is 5. The number of sulfonamides is 1. The summed E-state index contributed by atoms with van der Waals surface area (Å²) < 4.78 is 34.8. The minimum Gasteiger partial charge on any atom is -0.360 e. The van der Waals surface area contributed by atoms with Gasteiger partial charge in [0.05, 0.1) is 6.04 Å². The molecule has 0 radical (unpaired) electrons. The fourth-order valence-electron chi connectivity index (χ4n) is 3.18. The smallest absolute Gasteiger partial charge is 0.249 e. The van der Waals surface area contributed by atoms with E-state index in [-0.39, 0.29) is 10.9 Å². The van der Waals surface area contributed by atoms with Crippen molar-refractivity contribution in [3.8, 4) is 0 Å². The highest BCUT2D eigenvalue weighted by molar-refractivity contribution is 7.89. The van der Waals surface area contributed by atoms with Gasteiger partial charge < -0.3 is 9.09 Å². The summed E-state index contributed by atoms with van der Waals surface area (Å²) in [6.45, 7) is 6.44. The summed E-state index contributed by atoms with van der Waals surface area (Å²) in [5.41, 5.74) is 0.392. The molecule has 1 fully saturated rings. The average Bonchev–Trinajstić information content (AvgIpc) is 3.13. The molecule has 23 heavy (non-hydrogen) atoms. The van der Waals surface area contributed by atoms with E-state index in [0.29, 0.717) is 30.4 Å². The minimum absolute atomic E-state index is 0.173. The lowest BCUT2D eigenvalue weighted by atomic mass is 10.0. The predicted octanol–water partition coefficient (Wildman–Crippen LogP) is 1.82. The Labute approximate surface area is 135 Å². The van der Waals surface area contributed by atoms with Gasteiger partial charge in [0.15, 0.2) is 11.6 Å². The number of aromatic nitrogens is 4. The Kier molecular flexibility index (Phi) is 4.24. The van der Waals surface area contributed by atoms with Crippen molar-refractivity contribution in [2.45, 2.75) is 57.5 Å². The minimum atomic E-state index is -3.68. The van der Waals surface area contributed by atoms with Crippen LogP contribution in [0, 0.1) is 13.8 Å². The molecule has 1 aliphatic rings. The molecule has 2 aromatic heterocycles. The lowest BCUT2D eigenvalue weighted by Gasteiger charge is -2.33. The largest absolute Gasteiger partial charge is 0.360 e. The molecule has 0 amide bonds. The summed E-state index contributed by atoms with van der Waals surface area (Å²) in [6, 6.07) is -0.301. The summed E-state index contributed by atoms with van der Waals surface area (Å²) in [5, 5.41) is 11.9. The van der Waals surface area contributed by atoms with Crippen molar-refractivity contribution >= 4 is 10.0 Å². The van der Waals surface area contributed by atoms with E-state index in [2.05, 4.69) is 15.4 Å². The van der Waals surface area contributed by atoms with Crippen molar-refractivity contribution in [1.82, 2.24) is 24.2 Å². The van der Waals surface area contributed by atoms with Crippen LogP contribution in [0.4, 0.5) is 0 Å². The van der Waals surface area contributed by atoms with Crippen molar-refractivity contribution in [3.63, 3.8) is 0 Å². The van der Waals surface area contributed by atoms with Gasteiger partial charge in [0.25, 0.3) is 0 Å². The molecule has 0 aliphatic carbocycles. The molecule has 0 unspecified atom stereocenters. The lowest BCUT2D eigenvalue weighted by molar-refractivity contribution is 0.240. The molecule has 2 aromatic rings. The van der Waals surface area contributed by atoms with E-state index >= 15 is 0 Å². The molecule has 0 bridgehead atoms. The predicted molar refractivity (Wildman–Crippen MR) is 82.2 cm³/mol. The maximum absolute atomic E-state index is 13.2. The van der Waals surface area contributed by atoms with Crippen LogP contribution in [-0.2, 0) is 16.6 Å². The zero-order valence-corrected chi connectivity index (χ0v) is 14.4. The van der Waals surface area contributed by atoms with E-state index in [1.807, 2.05) is 11.5 Å². The highest BCUT2D eigenvalue weighted by atomic mass is 32.2. The van der Waals surface area contributed by atoms with E-state index < -0.39 is 10.0 Å². The van der Waals surface area contributed by atoms with Crippen molar-refractivity contribution in [1.29, 1.82) is 0 Å². The van der Waals surface area contributed by atoms with Crippen LogP contribution < -0.4 is 0 Å². The molecule has 0 saturated carbocycles. The number of rotatable bonds is 4. The van der Waals surface area contributed by atoms with Gasteiger partial charge in [0.2, 0.25) is 10.0 Å². The average molecular weight is 339 g/mol. The molecule has 3 rings (SSSR count). The van der Waals surface area contributed by atoms with E-state index in [9.17, 15) is 8.42 Å². The zero-order chi connectivity index (χ0) is 16.6. The Balaban J connectivity index is 2.05. The molecule has 0 aromatic carbocycles. The van der Waals surface area contributed by atoms with Crippen LogP contribution in [0.1, 0.15) is 49.5 Å². The molecule has 0 N–H and O–H groups in total. The van der Waals surface area contributed by atoms with Crippen molar-refractivity contribution in [2.24, 2.45) is 0 Å². The van der Waals surface area contributed by atoms with Crippen molar-refractivity contribution in [3.05, 3.63) is 23.6 Å². The Morgan fingerprint density at radius 2 is 2.13 bits per heavy atom. The molecule has 3 heterocycles. The van der Waals surface area contributed by atoms with E-state index in [0.717, 1.165) is 19.3 Å². The Hall–Kier alpha value is -1.74. The fourth-order valence-corrected chi connectivity index (χ4v) is 5.13. The molecule has 126 valence electrons. The highest BCUT2D eigenvalue weighted by Crippen LogP contribution is 2.36. The summed E-state index contributed by atoms with van der Waals surface area (Å²) >= 11 is 0. The van der Waals surface area contributed by atoms with Gasteiger partial charge in [0.1, 0.15) is 16.9 Å². The molecule has 0 spiro atoms. The lowest BCUT2D eigenvalue weighted by Crippen LogP contribution is -2.40. The third kappa shape index (κ3) is 2.67. The van der Waals surface area contributed by atoms with Crippen LogP contribution in [0.5, 0.6) is 0 Å². The van der Waals surface area contributed by atoms with Gasteiger partial charge in [-0.25, -0.2) is 8.42 Å².